The lowest BCUT2D eigenvalue weighted by molar-refractivity contribution is 0.764. The number of nitriles is 1. The summed E-state index contributed by atoms with van der Waals surface area (Å²) < 4.78 is 1.81. The van der Waals surface area contributed by atoms with Gasteiger partial charge in [0, 0.05) is 0 Å². The van der Waals surface area contributed by atoms with Gasteiger partial charge in [0.15, 0.2) is 5.69 Å². The first-order valence-corrected chi connectivity index (χ1v) is 11.6. The van der Waals surface area contributed by atoms with Crippen molar-refractivity contribution in [1.29, 1.82) is 5.26 Å². The molecule has 0 amide bonds. The van der Waals surface area contributed by atoms with Crippen molar-refractivity contribution in [2.24, 2.45) is 0 Å². The van der Waals surface area contributed by atoms with Gasteiger partial charge in [0.2, 0.25) is 0 Å². The minimum absolute atomic E-state index is 0.596. The lowest BCUT2D eigenvalue weighted by atomic mass is 9.68. The summed E-state index contributed by atoms with van der Waals surface area (Å²) in [6, 6.07) is 25.9. The topological polar surface area (TPSA) is 53.9 Å². The SMILES string of the molecule is [C-]#[N+]c1ccc(C2(c3ccc(C#N)cc3)c3ccc(I)nc3-c3nc(I)ccc32)cc1. The molecule has 0 atom stereocenters. The van der Waals surface area contributed by atoms with Crippen molar-refractivity contribution in [3.05, 3.63) is 119 Å². The van der Waals surface area contributed by atoms with Crippen LogP contribution in [-0.2, 0) is 5.41 Å². The first-order valence-electron chi connectivity index (χ1n) is 9.41. The Balaban J connectivity index is 1.93. The van der Waals surface area contributed by atoms with Crippen molar-refractivity contribution in [1.82, 2.24) is 9.97 Å². The molecule has 0 radical (unpaired) electrons. The Hall–Kier alpha value is -2.82. The van der Waals surface area contributed by atoms with E-state index >= 15 is 0 Å². The number of nitrogens with zero attached hydrogens (tertiary/aromatic N) is 4. The largest absolute Gasteiger partial charge is 0.240 e. The lowest BCUT2D eigenvalue weighted by Crippen LogP contribution is -2.28. The highest BCUT2D eigenvalue weighted by molar-refractivity contribution is 14.1. The van der Waals surface area contributed by atoms with Crippen LogP contribution in [0.15, 0.2) is 72.8 Å². The second-order valence-electron chi connectivity index (χ2n) is 7.16. The number of hydrogen-bond acceptors (Lipinski definition) is 3. The van der Waals surface area contributed by atoms with Crippen LogP contribution in [0.3, 0.4) is 0 Å². The molecule has 0 saturated heterocycles. The van der Waals surface area contributed by atoms with Gasteiger partial charge >= 0.3 is 0 Å². The number of hydrogen-bond donors (Lipinski definition) is 0. The lowest BCUT2D eigenvalue weighted by Gasteiger charge is -2.33. The van der Waals surface area contributed by atoms with Gasteiger partial charge < -0.3 is 0 Å². The summed E-state index contributed by atoms with van der Waals surface area (Å²) in [6.07, 6.45) is 0. The van der Waals surface area contributed by atoms with Gasteiger partial charge in [-0.05, 0) is 91.7 Å². The van der Waals surface area contributed by atoms with Crippen LogP contribution >= 0.6 is 45.2 Å². The molecule has 2 heterocycles. The van der Waals surface area contributed by atoms with Gasteiger partial charge in [-0.15, -0.1) is 0 Å². The molecule has 1 aliphatic carbocycles. The van der Waals surface area contributed by atoms with E-state index in [1.54, 1.807) is 0 Å². The summed E-state index contributed by atoms with van der Waals surface area (Å²) in [7, 11) is 0. The monoisotopic (exact) mass is 622 g/mol. The first-order chi connectivity index (χ1) is 15.1. The van der Waals surface area contributed by atoms with E-state index in [0.717, 1.165) is 41.0 Å². The number of fused-ring (bicyclic) bond motifs is 3. The van der Waals surface area contributed by atoms with E-state index in [9.17, 15) is 5.26 Å². The molecule has 2 aromatic heterocycles. The molecule has 0 saturated carbocycles. The van der Waals surface area contributed by atoms with Crippen molar-refractivity contribution < 1.29 is 0 Å². The average Bonchev–Trinajstić information content (AvgIpc) is 3.09. The van der Waals surface area contributed by atoms with E-state index in [1.165, 1.54) is 0 Å². The van der Waals surface area contributed by atoms with Crippen LogP contribution in [0.25, 0.3) is 16.2 Å². The van der Waals surface area contributed by atoms with Gasteiger partial charge in [-0.3, -0.25) is 0 Å². The van der Waals surface area contributed by atoms with Crippen LogP contribution in [-0.4, -0.2) is 9.97 Å². The van der Waals surface area contributed by atoms with Crippen molar-refractivity contribution in [2.45, 2.75) is 5.41 Å². The third kappa shape index (κ3) is 3.05. The fraction of sp³-hybridized carbons (Fsp3) is 0.0400. The van der Waals surface area contributed by atoms with Crippen molar-refractivity contribution >= 4 is 50.9 Å². The van der Waals surface area contributed by atoms with Gasteiger partial charge in [-0.25, -0.2) is 14.8 Å². The average molecular weight is 622 g/mol. The molecule has 4 nitrogen and oxygen atoms in total. The summed E-state index contributed by atoms with van der Waals surface area (Å²) in [6.45, 7) is 7.34. The van der Waals surface area contributed by atoms with E-state index in [4.69, 9.17) is 16.5 Å². The maximum absolute atomic E-state index is 9.31. The molecule has 0 spiro atoms. The Labute approximate surface area is 207 Å². The zero-order valence-electron chi connectivity index (χ0n) is 16.0. The molecule has 4 aromatic rings. The van der Waals surface area contributed by atoms with Crippen molar-refractivity contribution in [3.8, 4) is 17.5 Å². The van der Waals surface area contributed by atoms with Crippen LogP contribution in [0.2, 0.25) is 0 Å². The molecular formula is C25H12I2N4. The number of rotatable bonds is 2. The van der Waals surface area contributed by atoms with E-state index in [1.807, 2.05) is 60.7 Å². The van der Waals surface area contributed by atoms with Gasteiger partial charge in [-0.2, -0.15) is 5.26 Å². The molecule has 0 fully saturated rings. The normalized spacial score (nSPS) is 13.0. The number of aromatic nitrogens is 2. The molecule has 6 heteroatoms. The van der Waals surface area contributed by atoms with E-state index in [-0.39, 0.29) is 0 Å². The van der Waals surface area contributed by atoms with Gasteiger partial charge in [-0.1, -0.05) is 48.5 Å². The standard InChI is InChI=1S/C25H12I2N4/c1-29-18-8-6-17(7-9-18)25(16-4-2-15(14-28)3-5-16)19-10-12-21(26)30-23(19)24-20(25)11-13-22(27)31-24/h2-13H. The Bertz CT molecular complexity index is 1300. The molecule has 0 aliphatic heterocycles. The zero-order chi connectivity index (χ0) is 21.6. The smallest absolute Gasteiger partial charge is 0.187 e. The Morgan fingerprint density at radius 3 is 1.68 bits per heavy atom. The minimum Gasteiger partial charge on any atom is -0.240 e. The maximum atomic E-state index is 9.31. The second kappa shape index (κ2) is 7.70. The maximum Gasteiger partial charge on any atom is 0.187 e. The Morgan fingerprint density at radius 2 is 1.23 bits per heavy atom. The van der Waals surface area contributed by atoms with E-state index in [2.05, 4.69) is 68.2 Å². The minimum atomic E-state index is -0.631. The summed E-state index contributed by atoms with van der Waals surface area (Å²) in [5.74, 6) is 0. The molecule has 146 valence electrons. The molecule has 0 N–H and O–H groups in total. The van der Waals surface area contributed by atoms with Crippen LogP contribution in [0.4, 0.5) is 5.69 Å². The predicted molar refractivity (Wildman–Crippen MR) is 136 cm³/mol. The molecule has 1 aliphatic rings. The van der Waals surface area contributed by atoms with Crippen LogP contribution < -0.4 is 0 Å². The van der Waals surface area contributed by atoms with Crippen LogP contribution in [0.1, 0.15) is 27.8 Å². The molecular weight excluding hydrogens is 610 g/mol. The quantitative estimate of drug-likeness (QED) is 0.129. The van der Waals surface area contributed by atoms with E-state index in [0.29, 0.717) is 11.3 Å². The predicted octanol–water partition coefficient (Wildman–Crippen LogP) is 6.47. The third-order valence-corrected chi connectivity index (χ3v) is 6.83. The number of benzene rings is 2. The summed E-state index contributed by atoms with van der Waals surface area (Å²) in [4.78, 5) is 13.3. The second-order valence-corrected chi connectivity index (χ2v) is 9.37. The molecule has 2 aromatic carbocycles. The van der Waals surface area contributed by atoms with Gasteiger partial charge in [0.25, 0.3) is 0 Å². The van der Waals surface area contributed by atoms with Crippen LogP contribution in [0, 0.1) is 25.3 Å². The van der Waals surface area contributed by atoms with Crippen molar-refractivity contribution in [3.63, 3.8) is 0 Å². The molecule has 0 bridgehead atoms. The third-order valence-electron chi connectivity index (χ3n) is 5.63. The number of pyridine rings is 2. The Morgan fingerprint density at radius 1 is 0.742 bits per heavy atom. The van der Waals surface area contributed by atoms with Crippen LogP contribution in [0.5, 0.6) is 0 Å². The summed E-state index contributed by atoms with van der Waals surface area (Å²) in [5, 5.41) is 9.31. The highest BCUT2D eigenvalue weighted by Crippen LogP contribution is 2.55. The summed E-state index contributed by atoms with van der Waals surface area (Å²) in [5.41, 5.74) is 6.51. The fourth-order valence-electron chi connectivity index (χ4n) is 4.35. The van der Waals surface area contributed by atoms with Crippen molar-refractivity contribution in [2.75, 3.05) is 0 Å². The molecule has 31 heavy (non-hydrogen) atoms. The molecule has 0 unspecified atom stereocenters. The highest BCUT2D eigenvalue weighted by Gasteiger charge is 2.47. The fourth-order valence-corrected chi connectivity index (χ4v) is 5.19. The molecule has 5 rings (SSSR count). The summed E-state index contributed by atoms with van der Waals surface area (Å²) >= 11 is 4.46. The highest BCUT2D eigenvalue weighted by atomic mass is 127. The van der Waals surface area contributed by atoms with E-state index < -0.39 is 5.41 Å². The van der Waals surface area contributed by atoms with Gasteiger partial charge in [0.05, 0.1) is 35.0 Å². The first kappa shape index (κ1) is 20.1. The zero-order valence-corrected chi connectivity index (χ0v) is 20.3. The van der Waals surface area contributed by atoms with Gasteiger partial charge in [0.1, 0.15) is 7.40 Å². The Kier molecular flexibility index (Phi) is 4.99. The number of halogens is 2.